The van der Waals surface area contributed by atoms with Crippen LogP contribution < -0.4 is 10.2 Å². The smallest absolute Gasteiger partial charge is 0.189 e. The fraction of sp³-hybridized carbons (Fsp3) is 0.348. The molecule has 0 aliphatic carbocycles. The van der Waals surface area contributed by atoms with Gasteiger partial charge >= 0.3 is 0 Å². The molecule has 0 bridgehead atoms. The van der Waals surface area contributed by atoms with Gasteiger partial charge in [0.25, 0.3) is 0 Å². The maximum atomic E-state index is 12.2. The monoisotopic (exact) mass is 377 g/mol. The maximum Gasteiger partial charge on any atom is 0.189 e. The Bertz CT molecular complexity index is 1000. The minimum Gasteiger partial charge on any atom is -0.492 e. The van der Waals surface area contributed by atoms with Crippen LogP contribution in [0.5, 0.6) is 5.75 Å². The SMILES string of the molecule is Cc1cc(-c2ccc(OCCN3CCN(C)CC3)cc2)cc2c(=O)cc[nH]c12. The van der Waals surface area contributed by atoms with Crippen molar-refractivity contribution in [3.05, 3.63) is 64.4 Å². The van der Waals surface area contributed by atoms with Gasteiger partial charge in [0.1, 0.15) is 12.4 Å². The molecule has 146 valence electrons. The summed E-state index contributed by atoms with van der Waals surface area (Å²) in [6, 6.07) is 13.8. The number of rotatable bonds is 5. The Balaban J connectivity index is 1.43. The van der Waals surface area contributed by atoms with E-state index in [1.807, 2.05) is 25.1 Å². The summed E-state index contributed by atoms with van der Waals surface area (Å²) in [5, 5.41) is 0.727. The quantitative estimate of drug-likeness (QED) is 0.742. The second-order valence-electron chi connectivity index (χ2n) is 7.58. The molecule has 2 aromatic carbocycles. The van der Waals surface area contributed by atoms with E-state index in [9.17, 15) is 4.79 Å². The summed E-state index contributed by atoms with van der Waals surface area (Å²) in [6.45, 7) is 8.16. The summed E-state index contributed by atoms with van der Waals surface area (Å²) < 4.78 is 5.93. The molecule has 2 heterocycles. The number of hydrogen-bond donors (Lipinski definition) is 1. The molecule has 0 unspecified atom stereocenters. The topological polar surface area (TPSA) is 48.6 Å². The van der Waals surface area contributed by atoms with Crippen molar-refractivity contribution in [1.82, 2.24) is 14.8 Å². The number of hydrogen-bond acceptors (Lipinski definition) is 4. The number of nitrogens with one attached hydrogen (secondary N) is 1. The minimum atomic E-state index is 0.0440. The fourth-order valence-corrected chi connectivity index (χ4v) is 3.74. The first-order valence-electron chi connectivity index (χ1n) is 9.86. The van der Waals surface area contributed by atoms with Crippen LogP contribution in [0.2, 0.25) is 0 Å². The number of aromatic amines is 1. The number of piperazine rings is 1. The number of benzene rings is 2. The highest BCUT2D eigenvalue weighted by Gasteiger charge is 2.13. The van der Waals surface area contributed by atoms with Gasteiger partial charge in [-0.25, -0.2) is 0 Å². The van der Waals surface area contributed by atoms with Gasteiger partial charge in [0.2, 0.25) is 0 Å². The van der Waals surface area contributed by atoms with Crippen molar-refractivity contribution in [2.24, 2.45) is 0 Å². The van der Waals surface area contributed by atoms with Gasteiger partial charge in [0, 0.05) is 50.4 Å². The molecule has 0 saturated carbocycles. The zero-order valence-electron chi connectivity index (χ0n) is 16.6. The lowest BCUT2D eigenvalue weighted by Gasteiger charge is -2.32. The third-order valence-electron chi connectivity index (χ3n) is 5.52. The number of aryl methyl sites for hydroxylation is 1. The molecule has 1 fully saturated rings. The molecule has 0 spiro atoms. The molecule has 1 N–H and O–H groups in total. The zero-order valence-corrected chi connectivity index (χ0v) is 16.6. The molecule has 1 saturated heterocycles. The van der Waals surface area contributed by atoms with Gasteiger partial charge in [-0.1, -0.05) is 12.1 Å². The molecule has 4 rings (SSSR count). The zero-order chi connectivity index (χ0) is 19.5. The van der Waals surface area contributed by atoms with Crippen molar-refractivity contribution < 1.29 is 4.74 Å². The van der Waals surface area contributed by atoms with Gasteiger partial charge in [-0.2, -0.15) is 0 Å². The van der Waals surface area contributed by atoms with Crippen LogP contribution in [0.3, 0.4) is 0 Å². The summed E-state index contributed by atoms with van der Waals surface area (Å²) in [5.41, 5.74) is 4.14. The van der Waals surface area contributed by atoms with Crippen LogP contribution in [0.15, 0.2) is 53.5 Å². The van der Waals surface area contributed by atoms with Crippen LogP contribution in [0.1, 0.15) is 5.56 Å². The van der Waals surface area contributed by atoms with Crippen molar-refractivity contribution >= 4 is 10.9 Å². The lowest BCUT2D eigenvalue weighted by Crippen LogP contribution is -2.45. The molecule has 0 amide bonds. The van der Waals surface area contributed by atoms with E-state index in [2.05, 4.69) is 40.0 Å². The molecule has 5 heteroatoms. The van der Waals surface area contributed by atoms with Gasteiger partial charge in [-0.3, -0.25) is 9.69 Å². The summed E-state index contributed by atoms with van der Waals surface area (Å²) in [6.07, 6.45) is 1.70. The average molecular weight is 377 g/mol. The van der Waals surface area contributed by atoms with Gasteiger partial charge in [0.05, 0.1) is 5.52 Å². The number of ether oxygens (including phenoxy) is 1. The minimum absolute atomic E-state index is 0.0440. The molecular weight excluding hydrogens is 350 g/mol. The summed E-state index contributed by atoms with van der Waals surface area (Å²) in [4.78, 5) is 20.2. The van der Waals surface area contributed by atoms with Gasteiger partial charge in [-0.05, 0) is 54.9 Å². The molecule has 1 aliphatic heterocycles. The predicted octanol–water partition coefficient (Wildman–Crippen LogP) is 3.13. The van der Waals surface area contributed by atoms with Crippen LogP contribution in [0.25, 0.3) is 22.0 Å². The highest BCUT2D eigenvalue weighted by molar-refractivity contribution is 5.87. The van der Waals surface area contributed by atoms with Crippen molar-refractivity contribution in [2.75, 3.05) is 46.4 Å². The number of likely N-dealkylation sites (N-methyl/N-ethyl adjacent to an activating group) is 1. The normalized spacial score (nSPS) is 15.8. The highest BCUT2D eigenvalue weighted by Crippen LogP contribution is 2.26. The standard InChI is InChI=1S/C23H27N3O2/c1-17-15-19(16-21-22(27)7-8-24-23(17)21)18-3-5-20(6-4-18)28-14-13-26-11-9-25(2)10-12-26/h3-8,15-16H,9-14H2,1-2H3,(H,24,27). The second-order valence-corrected chi connectivity index (χ2v) is 7.58. The highest BCUT2D eigenvalue weighted by atomic mass is 16.5. The van der Waals surface area contributed by atoms with Crippen LogP contribution in [0, 0.1) is 6.92 Å². The third-order valence-corrected chi connectivity index (χ3v) is 5.52. The van der Waals surface area contributed by atoms with E-state index in [4.69, 9.17) is 4.74 Å². The van der Waals surface area contributed by atoms with Crippen molar-refractivity contribution in [3.63, 3.8) is 0 Å². The molecule has 3 aromatic rings. The molecule has 28 heavy (non-hydrogen) atoms. The number of H-pyrrole nitrogens is 1. The summed E-state index contributed by atoms with van der Waals surface area (Å²) in [7, 11) is 2.17. The van der Waals surface area contributed by atoms with Crippen molar-refractivity contribution in [1.29, 1.82) is 0 Å². The molecule has 1 aliphatic rings. The number of aromatic nitrogens is 1. The largest absolute Gasteiger partial charge is 0.492 e. The molecule has 0 radical (unpaired) electrons. The third kappa shape index (κ3) is 4.11. The Morgan fingerprint density at radius 3 is 2.50 bits per heavy atom. The Morgan fingerprint density at radius 2 is 1.75 bits per heavy atom. The van der Waals surface area contributed by atoms with Crippen molar-refractivity contribution in [3.8, 4) is 16.9 Å². The average Bonchev–Trinajstić information content (AvgIpc) is 2.71. The van der Waals surface area contributed by atoms with E-state index in [0.29, 0.717) is 6.61 Å². The van der Waals surface area contributed by atoms with Crippen LogP contribution in [0.4, 0.5) is 0 Å². The molecular formula is C23H27N3O2. The van der Waals surface area contributed by atoms with E-state index in [1.165, 1.54) is 0 Å². The summed E-state index contributed by atoms with van der Waals surface area (Å²) in [5.74, 6) is 0.883. The first-order chi connectivity index (χ1) is 13.6. The second kappa shape index (κ2) is 8.17. The Kier molecular flexibility index (Phi) is 5.46. The lowest BCUT2D eigenvalue weighted by atomic mass is 10.00. The first kappa shape index (κ1) is 18.7. The van der Waals surface area contributed by atoms with E-state index in [0.717, 1.165) is 66.1 Å². The molecule has 5 nitrogen and oxygen atoms in total. The van der Waals surface area contributed by atoms with Gasteiger partial charge < -0.3 is 14.6 Å². The maximum absolute atomic E-state index is 12.2. The van der Waals surface area contributed by atoms with E-state index < -0.39 is 0 Å². The predicted molar refractivity (Wildman–Crippen MR) is 114 cm³/mol. The molecule has 1 aromatic heterocycles. The number of fused-ring (bicyclic) bond motifs is 1. The lowest BCUT2D eigenvalue weighted by molar-refractivity contribution is 0.134. The Labute approximate surface area is 165 Å². The summed E-state index contributed by atoms with van der Waals surface area (Å²) >= 11 is 0. The molecule has 0 atom stereocenters. The Morgan fingerprint density at radius 1 is 1.00 bits per heavy atom. The van der Waals surface area contributed by atoms with Gasteiger partial charge in [-0.15, -0.1) is 0 Å². The van der Waals surface area contributed by atoms with E-state index in [-0.39, 0.29) is 5.43 Å². The first-order valence-corrected chi connectivity index (χ1v) is 9.86. The van der Waals surface area contributed by atoms with Crippen LogP contribution in [-0.4, -0.2) is 61.2 Å². The number of nitrogens with zero attached hydrogens (tertiary/aromatic N) is 2. The van der Waals surface area contributed by atoms with E-state index in [1.54, 1.807) is 12.3 Å². The number of pyridine rings is 1. The van der Waals surface area contributed by atoms with E-state index >= 15 is 0 Å². The van der Waals surface area contributed by atoms with Gasteiger partial charge in [0.15, 0.2) is 5.43 Å². The van der Waals surface area contributed by atoms with Crippen LogP contribution >= 0.6 is 0 Å². The van der Waals surface area contributed by atoms with Crippen molar-refractivity contribution in [2.45, 2.75) is 6.92 Å². The fourth-order valence-electron chi connectivity index (χ4n) is 3.74. The Hall–Kier alpha value is -2.63. The van der Waals surface area contributed by atoms with Crippen LogP contribution in [-0.2, 0) is 0 Å².